The van der Waals surface area contributed by atoms with Gasteiger partial charge in [0, 0.05) is 18.8 Å². The van der Waals surface area contributed by atoms with Crippen LogP contribution < -0.4 is 10.5 Å². The van der Waals surface area contributed by atoms with Crippen LogP contribution in [0.4, 0.5) is 5.69 Å². The summed E-state index contributed by atoms with van der Waals surface area (Å²) in [5.41, 5.74) is 3.92. The highest BCUT2D eigenvalue weighted by molar-refractivity contribution is 5.82. The molecule has 0 atom stereocenters. The smallest absolute Gasteiger partial charge is 0.262 e. The molecule has 5 nitrogen and oxygen atoms in total. The first-order valence-electron chi connectivity index (χ1n) is 10.7. The third-order valence-corrected chi connectivity index (χ3v) is 5.93. The molecule has 0 bridgehead atoms. The number of hydrogen-bond donors (Lipinski definition) is 0. The molecular weight excluding hydrogens is 386 g/mol. The Balaban J connectivity index is 1.67. The summed E-state index contributed by atoms with van der Waals surface area (Å²) in [6.07, 6.45) is 0. The summed E-state index contributed by atoms with van der Waals surface area (Å²) in [4.78, 5) is 20.9. The second kappa shape index (κ2) is 8.36. The molecule has 0 radical (unpaired) electrons. The van der Waals surface area contributed by atoms with E-state index in [2.05, 4.69) is 29.2 Å². The molecule has 156 valence electrons. The molecule has 5 heteroatoms. The van der Waals surface area contributed by atoms with Crippen molar-refractivity contribution in [3.63, 3.8) is 0 Å². The highest BCUT2D eigenvalue weighted by Crippen LogP contribution is 2.28. The summed E-state index contributed by atoms with van der Waals surface area (Å²) in [6, 6.07) is 26.0. The summed E-state index contributed by atoms with van der Waals surface area (Å²) in [5.74, 6) is 0.703. The van der Waals surface area contributed by atoms with Crippen molar-refractivity contribution >= 4 is 16.6 Å². The fraction of sp³-hybridized carbons (Fsp3) is 0.231. The van der Waals surface area contributed by atoms with Gasteiger partial charge in [-0.15, -0.1) is 0 Å². The lowest BCUT2D eigenvalue weighted by atomic mass is 9.98. The first-order chi connectivity index (χ1) is 15.2. The Morgan fingerprint density at radius 2 is 1.48 bits per heavy atom. The van der Waals surface area contributed by atoms with Gasteiger partial charge in [-0.2, -0.15) is 0 Å². The Bertz CT molecular complexity index is 1210. The average molecular weight is 412 g/mol. The first kappa shape index (κ1) is 19.5. The third kappa shape index (κ3) is 3.73. The van der Waals surface area contributed by atoms with Gasteiger partial charge in [0.2, 0.25) is 0 Å². The minimum Gasteiger partial charge on any atom is -0.378 e. The van der Waals surface area contributed by atoms with E-state index in [0.29, 0.717) is 11.2 Å². The van der Waals surface area contributed by atoms with Crippen LogP contribution in [0.2, 0.25) is 0 Å². The minimum absolute atomic E-state index is 0.0197. The van der Waals surface area contributed by atoms with Gasteiger partial charge < -0.3 is 9.64 Å². The van der Waals surface area contributed by atoms with Crippen molar-refractivity contribution in [2.24, 2.45) is 0 Å². The van der Waals surface area contributed by atoms with E-state index in [1.54, 1.807) is 0 Å². The number of hydrogen-bond acceptors (Lipinski definition) is 4. The van der Waals surface area contributed by atoms with E-state index < -0.39 is 0 Å². The van der Waals surface area contributed by atoms with Crippen LogP contribution >= 0.6 is 0 Å². The Morgan fingerprint density at radius 3 is 2.10 bits per heavy atom. The van der Waals surface area contributed by atoms with E-state index in [0.717, 1.165) is 48.6 Å². The molecule has 1 saturated heterocycles. The fourth-order valence-electron chi connectivity index (χ4n) is 4.38. The molecule has 2 heterocycles. The van der Waals surface area contributed by atoms with E-state index in [4.69, 9.17) is 9.72 Å². The molecule has 1 fully saturated rings. The molecule has 4 aromatic rings. The van der Waals surface area contributed by atoms with Crippen LogP contribution in [0.5, 0.6) is 0 Å². The molecule has 0 aliphatic carbocycles. The molecule has 5 rings (SSSR count). The van der Waals surface area contributed by atoms with E-state index in [9.17, 15) is 4.79 Å². The number of morpholine rings is 1. The second-order valence-electron chi connectivity index (χ2n) is 7.86. The molecule has 31 heavy (non-hydrogen) atoms. The molecular formula is C26H25N3O2. The average Bonchev–Trinajstić information content (AvgIpc) is 2.83. The summed E-state index contributed by atoms with van der Waals surface area (Å²) >= 11 is 0. The van der Waals surface area contributed by atoms with Gasteiger partial charge in [0.05, 0.1) is 30.2 Å². The van der Waals surface area contributed by atoms with Gasteiger partial charge in [-0.05, 0) is 36.2 Å². The van der Waals surface area contributed by atoms with Crippen LogP contribution in [0.25, 0.3) is 10.9 Å². The van der Waals surface area contributed by atoms with E-state index in [1.165, 1.54) is 0 Å². The van der Waals surface area contributed by atoms with Crippen LogP contribution in [0, 0.1) is 6.92 Å². The maximum Gasteiger partial charge on any atom is 0.262 e. The number of aromatic nitrogens is 2. The van der Waals surface area contributed by atoms with Gasteiger partial charge in [0.1, 0.15) is 5.82 Å². The maximum absolute atomic E-state index is 13.7. The molecule has 0 spiro atoms. The van der Waals surface area contributed by atoms with Crippen LogP contribution in [0.1, 0.15) is 23.0 Å². The zero-order valence-corrected chi connectivity index (χ0v) is 17.6. The number of benzene rings is 3. The lowest BCUT2D eigenvalue weighted by Crippen LogP contribution is -2.36. The zero-order valence-electron chi connectivity index (χ0n) is 17.6. The van der Waals surface area contributed by atoms with Crippen molar-refractivity contribution in [1.82, 2.24) is 9.55 Å². The number of ether oxygens (including phenoxy) is 1. The Morgan fingerprint density at radius 1 is 0.871 bits per heavy atom. The summed E-state index contributed by atoms with van der Waals surface area (Å²) in [7, 11) is 0. The lowest BCUT2D eigenvalue weighted by molar-refractivity contribution is 0.122. The molecule has 3 aromatic carbocycles. The van der Waals surface area contributed by atoms with Crippen molar-refractivity contribution in [1.29, 1.82) is 0 Å². The minimum atomic E-state index is -0.231. The van der Waals surface area contributed by atoms with Gasteiger partial charge in [0.25, 0.3) is 5.56 Å². The number of nitrogens with zero attached hydrogens (tertiary/aromatic N) is 3. The number of rotatable bonds is 4. The maximum atomic E-state index is 13.7. The van der Waals surface area contributed by atoms with Crippen molar-refractivity contribution in [2.75, 3.05) is 31.2 Å². The second-order valence-corrected chi connectivity index (χ2v) is 7.86. The molecule has 0 amide bonds. The van der Waals surface area contributed by atoms with Crippen molar-refractivity contribution in [2.45, 2.75) is 13.0 Å². The van der Waals surface area contributed by atoms with Crippen LogP contribution in [-0.2, 0) is 4.74 Å². The summed E-state index contributed by atoms with van der Waals surface area (Å²) in [6.45, 7) is 5.07. The molecule has 1 aliphatic rings. The van der Waals surface area contributed by atoms with Gasteiger partial charge in [-0.25, -0.2) is 4.98 Å². The lowest BCUT2D eigenvalue weighted by Gasteiger charge is -2.29. The van der Waals surface area contributed by atoms with Gasteiger partial charge in [0.15, 0.2) is 0 Å². The van der Waals surface area contributed by atoms with Crippen LogP contribution in [0.3, 0.4) is 0 Å². The van der Waals surface area contributed by atoms with E-state index >= 15 is 0 Å². The van der Waals surface area contributed by atoms with E-state index in [-0.39, 0.29) is 11.6 Å². The molecule has 1 aromatic heterocycles. The number of anilines is 1. The highest BCUT2D eigenvalue weighted by atomic mass is 16.5. The van der Waals surface area contributed by atoms with E-state index in [1.807, 2.05) is 66.1 Å². The predicted octanol–water partition coefficient (Wildman–Crippen LogP) is 4.18. The first-order valence-corrected chi connectivity index (χ1v) is 10.7. The molecule has 0 saturated carbocycles. The monoisotopic (exact) mass is 411 g/mol. The number of fused-ring (bicyclic) bond motifs is 1. The predicted molar refractivity (Wildman–Crippen MR) is 124 cm³/mol. The van der Waals surface area contributed by atoms with Crippen molar-refractivity contribution < 1.29 is 4.74 Å². The quantitative estimate of drug-likeness (QED) is 0.506. The van der Waals surface area contributed by atoms with Crippen LogP contribution in [-0.4, -0.2) is 35.9 Å². The van der Waals surface area contributed by atoms with Gasteiger partial charge in [-0.3, -0.25) is 9.36 Å². The molecule has 1 aliphatic heterocycles. The summed E-state index contributed by atoms with van der Waals surface area (Å²) < 4.78 is 7.28. The molecule has 0 unspecified atom stereocenters. The van der Waals surface area contributed by atoms with Crippen molar-refractivity contribution in [3.8, 4) is 0 Å². The van der Waals surface area contributed by atoms with Gasteiger partial charge in [-0.1, -0.05) is 60.7 Å². The summed E-state index contributed by atoms with van der Waals surface area (Å²) in [5, 5.41) is 0.638. The third-order valence-electron chi connectivity index (χ3n) is 5.93. The Kier molecular flexibility index (Phi) is 5.26. The number of aryl methyl sites for hydroxylation is 1. The zero-order chi connectivity index (χ0) is 21.2. The standard InChI is InChI=1S/C26H25N3O2/c1-19-27-24-18-22(28-14-16-31-17-15-28)12-13-23(24)26(30)29(19)25(20-8-4-2-5-9-20)21-10-6-3-7-11-21/h2-13,18,25H,14-17H2,1H3. The Hall–Kier alpha value is -3.44. The molecule has 0 N–H and O–H groups in total. The largest absolute Gasteiger partial charge is 0.378 e. The fourth-order valence-corrected chi connectivity index (χ4v) is 4.38. The normalized spacial score (nSPS) is 14.3. The van der Waals surface area contributed by atoms with Crippen molar-refractivity contribution in [3.05, 3.63) is 106 Å². The van der Waals surface area contributed by atoms with Crippen LogP contribution in [0.15, 0.2) is 83.7 Å². The van der Waals surface area contributed by atoms with Gasteiger partial charge >= 0.3 is 0 Å². The Labute approximate surface area is 181 Å². The topological polar surface area (TPSA) is 47.4 Å². The SMILES string of the molecule is Cc1nc2cc(N3CCOCC3)ccc2c(=O)n1C(c1ccccc1)c1ccccc1. The highest BCUT2D eigenvalue weighted by Gasteiger charge is 2.22.